The van der Waals surface area contributed by atoms with Crippen LogP contribution in [0.4, 0.5) is 5.69 Å². The number of amides is 1. The number of benzene rings is 2. The molecule has 2 heterocycles. The van der Waals surface area contributed by atoms with Crippen molar-refractivity contribution < 1.29 is 23.2 Å². The van der Waals surface area contributed by atoms with E-state index in [4.69, 9.17) is 25.8 Å². The number of anilines is 1. The lowest BCUT2D eigenvalue weighted by atomic mass is 9.68. The van der Waals surface area contributed by atoms with Crippen LogP contribution in [-0.4, -0.2) is 68.2 Å². The zero-order valence-corrected chi connectivity index (χ0v) is 27.3. The predicted molar refractivity (Wildman–Crippen MR) is 177 cm³/mol. The van der Waals surface area contributed by atoms with E-state index in [0.29, 0.717) is 43.6 Å². The third-order valence-corrected chi connectivity index (χ3v) is 11.2. The van der Waals surface area contributed by atoms with Gasteiger partial charge in [0.25, 0.3) is 5.91 Å². The first kappa shape index (κ1) is 31.4. The summed E-state index contributed by atoms with van der Waals surface area (Å²) in [5.41, 5.74) is 3.69. The molecule has 10 heteroatoms. The van der Waals surface area contributed by atoms with E-state index in [0.717, 1.165) is 61.7 Å². The molecule has 8 nitrogen and oxygen atoms in total. The summed E-state index contributed by atoms with van der Waals surface area (Å²) >= 11 is 6.43. The standard InChI is InChI=1S/C34H44ClN3O5S/c1-23-6-4-8-31(42-17-16-41-2)28-12-9-26(28)20-38-21-34(15-5-7-24-18-27(35)11-13-29(24)34)22-43-32-14-10-25(19-30(32)38)33(39)37-44(3,40)36-23/h4,8,10-11,13-14,18-19,23,26,28,31H,3,5-7,9,12,15-17,20-22H2,1-2H3,(H2,36,37,39,40)/b8-4-/t23-,26-,28+,31-,34-,44?/m0/s1. The molecule has 6 atom stereocenters. The van der Waals surface area contributed by atoms with Crippen LogP contribution in [0.1, 0.15) is 60.5 Å². The number of ether oxygens (including phenoxy) is 3. The molecule has 1 unspecified atom stereocenters. The summed E-state index contributed by atoms with van der Waals surface area (Å²) in [4.78, 5) is 15.8. The van der Waals surface area contributed by atoms with Crippen LogP contribution in [0.3, 0.4) is 0 Å². The van der Waals surface area contributed by atoms with Gasteiger partial charge in [-0.15, -0.1) is 0 Å². The minimum atomic E-state index is -3.08. The molecule has 1 saturated carbocycles. The fraction of sp³-hybridized carbons (Fsp3) is 0.529. The highest BCUT2D eigenvalue weighted by atomic mass is 35.5. The lowest BCUT2D eigenvalue weighted by Crippen LogP contribution is -2.50. The van der Waals surface area contributed by atoms with Crippen molar-refractivity contribution >= 4 is 39.0 Å². The molecule has 2 aliphatic carbocycles. The number of carbonyl (C=O) groups is 1. The maximum atomic E-state index is 13.4. The summed E-state index contributed by atoms with van der Waals surface area (Å²) in [5, 5.41) is 0.759. The molecule has 2 N–H and O–H groups in total. The molecule has 4 aliphatic rings. The molecule has 2 aromatic carbocycles. The number of nitrogens with zero attached hydrogens (tertiary/aromatic N) is 1. The fourth-order valence-electron chi connectivity index (χ4n) is 7.41. The molecule has 0 aromatic heterocycles. The molecule has 2 bridgehead atoms. The minimum Gasteiger partial charge on any atom is -0.490 e. The monoisotopic (exact) mass is 641 g/mol. The molecule has 44 heavy (non-hydrogen) atoms. The average molecular weight is 642 g/mol. The lowest BCUT2D eigenvalue weighted by molar-refractivity contribution is -0.0309. The Labute approximate surface area is 266 Å². The second-order valence-electron chi connectivity index (χ2n) is 12.9. The lowest BCUT2D eigenvalue weighted by Gasteiger charge is -2.46. The Bertz CT molecular complexity index is 1510. The van der Waals surface area contributed by atoms with Gasteiger partial charge in [-0.25, -0.2) is 8.93 Å². The molecule has 1 fully saturated rings. The molecule has 0 saturated heterocycles. The van der Waals surface area contributed by atoms with Crippen molar-refractivity contribution in [3.8, 4) is 5.75 Å². The van der Waals surface area contributed by atoms with Crippen molar-refractivity contribution in [2.45, 2.75) is 63.0 Å². The Morgan fingerprint density at radius 2 is 2.07 bits per heavy atom. The van der Waals surface area contributed by atoms with Crippen molar-refractivity contribution in [2.75, 3.05) is 44.9 Å². The number of nitrogens with one attached hydrogen (secondary N) is 2. The first-order chi connectivity index (χ1) is 21.2. The van der Waals surface area contributed by atoms with Crippen molar-refractivity contribution in [1.82, 2.24) is 9.44 Å². The van der Waals surface area contributed by atoms with Gasteiger partial charge in [0.15, 0.2) is 0 Å². The van der Waals surface area contributed by atoms with Crippen LogP contribution in [0, 0.1) is 11.8 Å². The summed E-state index contributed by atoms with van der Waals surface area (Å²) in [5.74, 6) is 4.89. The van der Waals surface area contributed by atoms with Crippen LogP contribution < -0.4 is 19.1 Å². The third-order valence-electron chi connectivity index (χ3n) is 9.71. The van der Waals surface area contributed by atoms with Gasteiger partial charge >= 0.3 is 0 Å². The number of fused-ring (bicyclic) bond motifs is 4. The van der Waals surface area contributed by atoms with Gasteiger partial charge in [0.05, 0.1) is 31.6 Å². The van der Waals surface area contributed by atoms with Gasteiger partial charge in [-0.3, -0.25) is 9.52 Å². The van der Waals surface area contributed by atoms with Crippen molar-refractivity contribution in [1.29, 1.82) is 0 Å². The van der Waals surface area contributed by atoms with E-state index in [-0.39, 0.29) is 17.6 Å². The summed E-state index contributed by atoms with van der Waals surface area (Å²) in [6, 6.07) is 11.6. The van der Waals surface area contributed by atoms with Crippen molar-refractivity contribution in [3.05, 3.63) is 70.3 Å². The number of carbonyl (C=O) groups excluding carboxylic acids is 1. The highest BCUT2D eigenvalue weighted by Gasteiger charge is 2.44. The van der Waals surface area contributed by atoms with Crippen molar-refractivity contribution in [2.24, 2.45) is 11.8 Å². The Morgan fingerprint density at radius 3 is 2.86 bits per heavy atom. The van der Waals surface area contributed by atoms with Crippen LogP contribution in [0.5, 0.6) is 5.75 Å². The van der Waals surface area contributed by atoms with Gasteiger partial charge in [0, 0.05) is 42.2 Å². The highest BCUT2D eigenvalue weighted by Crippen LogP contribution is 2.47. The van der Waals surface area contributed by atoms with Crippen LogP contribution in [0.2, 0.25) is 5.02 Å². The van der Waals surface area contributed by atoms with E-state index >= 15 is 0 Å². The largest absolute Gasteiger partial charge is 0.490 e. The predicted octanol–water partition coefficient (Wildman–Crippen LogP) is 5.09. The van der Waals surface area contributed by atoms with E-state index in [1.165, 1.54) is 11.1 Å². The first-order valence-electron chi connectivity index (χ1n) is 15.7. The van der Waals surface area contributed by atoms with Crippen LogP contribution in [0.15, 0.2) is 48.6 Å². The molecule has 2 aromatic rings. The summed E-state index contributed by atoms with van der Waals surface area (Å²) in [6.45, 7) is 5.12. The summed E-state index contributed by atoms with van der Waals surface area (Å²) in [6.07, 6.45) is 10.1. The third kappa shape index (κ3) is 6.67. The topological polar surface area (TPSA) is 89.1 Å². The van der Waals surface area contributed by atoms with Gasteiger partial charge in [-0.1, -0.05) is 29.8 Å². The highest BCUT2D eigenvalue weighted by molar-refractivity contribution is 7.97. The number of methoxy groups -OCH3 is 1. The number of halogens is 1. The zero-order chi connectivity index (χ0) is 30.9. The van der Waals surface area contributed by atoms with E-state index in [9.17, 15) is 9.00 Å². The number of aryl methyl sites for hydroxylation is 1. The van der Waals surface area contributed by atoms with Crippen LogP contribution in [0.25, 0.3) is 0 Å². The summed E-state index contributed by atoms with van der Waals surface area (Å²) < 4.78 is 37.2. The van der Waals surface area contributed by atoms with E-state index in [1.54, 1.807) is 13.2 Å². The van der Waals surface area contributed by atoms with Crippen LogP contribution in [-0.2, 0) is 31.2 Å². The summed E-state index contributed by atoms with van der Waals surface area (Å²) in [7, 11) is -1.40. The Morgan fingerprint density at radius 1 is 1.20 bits per heavy atom. The Hall–Kier alpha value is -2.56. The van der Waals surface area contributed by atoms with Gasteiger partial charge in [0.2, 0.25) is 0 Å². The van der Waals surface area contributed by atoms with Gasteiger partial charge in [0.1, 0.15) is 15.6 Å². The molecule has 1 amide bonds. The second kappa shape index (κ2) is 13.0. The molecule has 1 spiro atoms. The molecule has 238 valence electrons. The molecule has 2 aliphatic heterocycles. The van der Waals surface area contributed by atoms with E-state index in [2.05, 4.69) is 44.5 Å². The van der Waals surface area contributed by atoms with E-state index < -0.39 is 15.8 Å². The smallest absolute Gasteiger partial charge is 0.263 e. The van der Waals surface area contributed by atoms with Crippen LogP contribution >= 0.6 is 11.6 Å². The SMILES string of the molecule is C=S1(=O)NC(=O)c2ccc3c(c2)N(C[C@@H]2CC[C@H]2[C@@H](OCCOC)/C=C\C[C@H](C)N1)C[C@@]1(CCCc2cc(Cl)ccc21)CO3. The van der Waals surface area contributed by atoms with Crippen molar-refractivity contribution in [3.63, 3.8) is 0 Å². The minimum absolute atomic E-state index is 0.0478. The quantitative estimate of drug-likeness (QED) is 0.275. The van der Waals surface area contributed by atoms with Gasteiger partial charge < -0.3 is 19.1 Å². The Kier molecular flexibility index (Phi) is 9.32. The number of rotatable bonds is 4. The molecule has 6 rings (SSSR count). The molecule has 0 radical (unpaired) electrons. The zero-order valence-electron chi connectivity index (χ0n) is 25.7. The van der Waals surface area contributed by atoms with Gasteiger partial charge in [-0.2, -0.15) is 0 Å². The average Bonchev–Trinajstić information content (AvgIpc) is 3.11. The van der Waals surface area contributed by atoms with Gasteiger partial charge in [-0.05, 0) is 105 Å². The normalized spacial score (nSPS) is 32.8. The Balaban J connectivity index is 1.40. The molecular weight excluding hydrogens is 598 g/mol. The maximum absolute atomic E-state index is 13.4. The maximum Gasteiger partial charge on any atom is 0.263 e. The number of hydrogen-bond donors (Lipinski definition) is 2. The fourth-order valence-corrected chi connectivity index (χ4v) is 8.83. The first-order valence-corrected chi connectivity index (χ1v) is 17.8. The molecular formula is C34H44ClN3O5S. The second-order valence-corrected chi connectivity index (χ2v) is 15.1. The van der Waals surface area contributed by atoms with E-state index in [1.807, 2.05) is 25.1 Å². The number of hydrogen-bond acceptors (Lipinski definition) is 6.